The highest BCUT2D eigenvalue weighted by Gasteiger charge is 2.30. The zero-order valence-corrected chi connectivity index (χ0v) is 65.4. The van der Waals surface area contributed by atoms with Crippen molar-refractivity contribution in [3.8, 4) is 0 Å². The zero-order valence-electron chi connectivity index (χ0n) is 63.6. The highest BCUT2D eigenvalue weighted by Crippen LogP contribution is 2.45. The first-order chi connectivity index (χ1) is 48.7. The second-order valence-electron chi connectivity index (χ2n) is 27.0. The summed E-state index contributed by atoms with van der Waals surface area (Å²) >= 11 is 0. The Hall–Kier alpha value is -3.50. The third-order valence-corrected chi connectivity index (χ3v) is 19.1. The summed E-state index contributed by atoms with van der Waals surface area (Å²) in [5, 5.41) is 10.6. The molecule has 5 atom stereocenters. The van der Waals surface area contributed by atoms with Crippen molar-refractivity contribution in [1.82, 2.24) is 0 Å². The molecular weight excluding hydrogens is 1310 g/mol. The number of unbranched alkanes of at least 4 members (excludes halogenated alkanes) is 38. The predicted molar refractivity (Wildman–Crippen MR) is 409 cm³/mol. The first-order valence-corrected chi connectivity index (χ1v) is 43.2. The molecule has 0 aromatic carbocycles. The van der Waals surface area contributed by atoms with E-state index in [1.54, 1.807) is 0 Å². The fourth-order valence-corrected chi connectivity index (χ4v) is 12.6. The summed E-state index contributed by atoms with van der Waals surface area (Å²) in [7, 11) is -9.95. The standard InChI is InChI=1S/C81H146O17P2/c1-5-9-13-17-21-25-29-33-35-36-37-38-40-43-46-50-54-58-62-66-79(84)92-72-76(97-80(85)67-63-59-55-51-47-42-32-28-24-20-16-12-8-4)73-95-99(87,88)93-69-75(82)70-94-100(89,90)96-74-77(71-91-78(83)65-61-57-53-49-45-41-31-27-23-19-15-11-7-3)98-81(86)68-64-60-56-52-48-44-39-34-30-26-22-18-14-10-6-2/h9,13,21,25-26,30,33,35,37-38,43,46,75-77,82H,5-8,10-12,14-20,22-24,27-29,31-32,34,36,39-42,44-45,47-74H2,1-4H3,(H,87,88)(H,89,90)/b13-9-,25-21-,30-26-,35-33-,38-37-,46-43-/t75-,76-,77-/m1/s1. The zero-order chi connectivity index (χ0) is 73.2. The summed E-state index contributed by atoms with van der Waals surface area (Å²) in [6.07, 6.45) is 74.5. The molecule has 0 fully saturated rings. The lowest BCUT2D eigenvalue weighted by Crippen LogP contribution is -2.30. The van der Waals surface area contributed by atoms with Gasteiger partial charge < -0.3 is 33.8 Å². The van der Waals surface area contributed by atoms with Gasteiger partial charge in [0.15, 0.2) is 12.2 Å². The van der Waals surface area contributed by atoms with Crippen LogP contribution < -0.4 is 0 Å². The Morgan fingerprint density at radius 2 is 0.520 bits per heavy atom. The summed E-state index contributed by atoms with van der Waals surface area (Å²) in [4.78, 5) is 73.0. The van der Waals surface area contributed by atoms with Crippen LogP contribution in [-0.4, -0.2) is 96.7 Å². The molecule has 3 N–H and O–H groups in total. The van der Waals surface area contributed by atoms with Crippen LogP contribution in [0.15, 0.2) is 72.9 Å². The van der Waals surface area contributed by atoms with Gasteiger partial charge in [-0.15, -0.1) is 0 Å². The van der Waals surface area contributed by atoms with Crippen molar-refractivity contribution in [2.24, 2.45) is 0 Å². The Bertz CT molecular complexity index is 2180. The average Bonchev–Trinajstić information content (AvgIpc) is 0.924. The van der Waals surface area contributed by atoms with Crippen LogP contribution in [0, 0.1) is 0 Å². The molecule has 582 valence electrons. The van der Waals surface area contributed by atoms with E-state index >= 15 is 0 Å². The van der Waals surface area contributed by atoms with Crippen molar-refractivity contribution in [2.45, 2.75) is 380 Å². The quantitative estimate of drug-likeness (QED) is 0.0169. The largest absolute Gasteiger partial charge is 0.472 e. The molecular formula is C81H146O17P2. The smallest absolute Gasteiger partial charge is 0.462 e. The third kappa shape index (κ3) is 72.8. The molecule has 0 heterocycles. The van der Waals surface area contributed by atoms with Crippen LogP contribution >= 0.6 is 15.6 Å². The number of carbonyl (C=O) groups excluding carboxylic acids is 4. The summed E-state index contributed by atoms with van der Waals surface area (Å²) < 4.78 is 68.6. The fourth-order valence-electron chi connectivity index (χ4n) is 11.1. The Balaban J connectivity index is 5.33. The van der Waals surface area contributed by atoms with Crippen molar-refractivity contribution in [3.63, 3.8) is 0 Å². The van der Waals surface area contributed by atoms with E-state index in [4.69, 9.17) is 37.0 Å². The number of hydrogen-bond donors (Lipinski definition) is 3. The number of allylic oxidation sites excluding steroid dienone is 12. The van der Waals surface area contributed by atoms with Gasteiger partial charge in [0.25, 0.3) is 0 Å². The first kappa shape index (κ1) is 96.5. The second kappa shape index (κ2) is 73.8. The van der Waals surface area contributed by atoms with Gasteiger partial charge in [0, 0.05) is 25.7 Å². The highest BCUT2D eigenvalue weighted by molar-refractivity contribution is 7.47. The van der Waals surface area contributed by atoms with E-state index in [1.807, 2.05) is 0 Å². The van der Waals surface area contributed by atoms with Crippen LogP contribution in [-0.2, 0) is 65.4 Å². The number of aliphatic hydroxyl groups excluding tert-OH is 1. The molecule has 0 saturated carbocycles. The molecule has 2 unspecified atom stereocenters. The molecule has 0 spiro atoms. The van der Waals surface area contributed by atoms with Crippen LogP contribution in [0.3, 0.4) is 0 Å². The lowest BCUT2D eigenvalue weighted by atomic mass is 10.0. The molecule has 17 nitrogen and oxygen atoms in total. The Labute approximate surface area is 609 Å². The minimum absolute atomic E-state index is 0.0924. The van der Waals surface area contributed by atoms with E-state index < -0.39 is 97.5 Å². The minimum atomic E-state index is -4.98. The Morgan fingerprint density at radius 1 is 0.290 bits per heavy atom. The molecule has 0 saturated heterocycles. The maximum atomic E-state index is 13.1. The predicted octanol–water partition coefficient (Wildman–Crippen LogP) is 23.2. The van der Waals surface area contributed by atoms with Crippen LogP contribution in [0.1, 0.15) is 362 Å². The molecule has 0 aromatic heterocycles. The molecule has 0 rings (SSSR count). The molecule has 0 aliphatic carbocycles. The first-order valence-electron chi connectivity index (χ1n) is 40.2. The second-order valence-corrected chi connectivity index (χ2v) is 29.9. The third-order valence-electron chi connectivity index (χ3n) is 17.2. The Morgan fingerprint density at radius 3 is 0.830 bits per heavy atom. The van der Waals surface area contributed by atoms with Crippen molar-refractivity contribution in [1.29, 1.82) is 0 Å². The number of hydrogen-bond acceptors (Lipinski definition) is 15. The van der Waals surface area contributed by atoms with Crippen molar-refractivity contribution in [3.05, 3.63) is 72.9 Å². The van der Waals surface area contributed by atoms with Gasteiger partial charge in [-0.2, -0.15) is 0 Å². The van der Waals surface area contributed by atoms with Crippen LogP contribution in [0.5, 0.6) is 0 Å². The topological polar surface area (TPSA) is 237 Å². The molecule has 0 amide bonds. The van der Waals surface area contributed by atoms with Crippen LogP contribution in [0.25, 0.3) is 0 Å². The van der Waals surface area contributed by atoms with E-state index in [-0.39, 0.29) is 25.7 Å². The lowest BCUT2D eigenvalue weighted by molar-refractivity contribution is -0.161. The Kier molecular flexibility index (Phi) is 71.2. The van der Waals surface area contributed by atoms with E-state index in [1.165, 1.54) is 135 Å². The number of carbonyl (C=O) groups is 4. The summed E-state index contributed by atoms with van der Waals surface area (Å²) in [5.41, 5.74) is 0. The highest BCUT2D eigenvalue weighted by atomic mass is 31.2. The van der Waals surface area contributed by atoms with Gasteiger partial charge in [-0.1, -0.05) is 312 Å². The van der Waals surface area contributed by atoms with Crippen molar-refractivity contribution >= 4 is 39.5 Å². The molecule has 19 heteroatoms. The van der Waals surface area contributed by atoms with Crippen LogP contribution in [0.2, 0.25) is 0 Å². The van der Waals surface area contributed by atoms with Crippen LogP contribution in [0.4, 0.5) is 0 Å². The van der Waals surface area contributed by atoms with E-state index in [0.717, 1.165) is 148 Å². The maximum absolute atomic E-state index is 13.1. The van der Waals surface area contributed by atoms with Gasteiger partial charge >= 0.3 is 39.5 Å². The van der Waals surface area contributed by atoms with Crippen molar-refractivity contribution < 1.29 is 80.2 Å². The SMILES string of the molecule is CC/C=C\C/C=C\C/C=C\C/C=C\C/C=C\CCCCCC(=O)OC[C@H](COP(=O)(O)OC[C@@H](O)COP(=O)(O)OC[C@@H](COC(=O)CCCCCCCCCCCCCCC)OC(=O)CCCCCCCCC/C=C\CCCCCC)OC(=O)CCCCCCCCCCCCCCC. The van der Waals surface area contributed by atoms with E-state index in [9.17, 15) is 43.2 Å². The molecule has 100 heavy (non-hydrogen) atoms. The minimum Gasteiger partial charge on any atom is -0.462 e. The van der Waals surface area contributed by atoms with Gasteiger partial charge in [0.1, 0.15) is 19.3 Å². The van der Waals surface area contributed by atoms with E-state index in [2.05, 4.69) is 101 Å². The summed E-state index contributed by atoms with van der Waals surface area (Å²) in [6, 6.07) is 0. The number of aliphatic hydroxyl groups is 1. The van der Waals surface area contributed by atoms with Gasteiger partial charge in [-0.05, 0) is 96.3 Å². The maximum Gasteiger partial charge on any atom is 0.472 e. The lowest BCUT2D eigenvalue weighted by Gasteiger charge is -2.21. The number of rotatable bonds is 76. The molecule has 0 radical (unpaired) electrons. The number of phosphoric ester groups is 2. The average molecular weight is 1450 g/mol. The van der Waals surface area contributed by atoms with Gasteiger partial charge in [0.2, 0.25) is 0 Å². The van der Waals surface area contributed by atoms with E-state index in [0.29, 0.717) is 25.7 Å². The molecule has 0 aliphatic heterocycles. The fraction of sp³-hybridized carbons (Fsp3) is 0.802. The summed E-state index contributed by atoms with van der Waals surface area (Å²) in [5.74, 6) is -2.18. The molecule has 0 aromatic rings. The monoisotopic (exact) mass is 1450 g/mol. The summed E-state index contributed by atoms with van der Waals surface area (Å²) in [6.45, 7) is 4.77. The van der Waals surface area contributed by atoms with Crippen molar-refractivity contribution in [2.75, 3.05) is 39.6 Å². The van der Waals surface area contributed by atoms with Gasteiger partial charge in [0.05, 0.1) is 26.4 Å². The number of ether oxygens (including phenoxy) is 4. The number of phosphoric acid groups is 2. The van der Waals surface area contributed by atoms with Gasteiger partial charge in [-0.3, -0.25) is 37.3 Å². The normalized spacial score (nSPS) is 14.3. The van der Waals surface area contributed by atoms with Gasteiger partial charge in [-0.25, -0.2) is 9.13 Å². The molecule has 0 aliphatic rings. The number of esters is 4. The molecule has 0 bridgehead atoms.